The minimum absolute atomic E-state index is 0.0956. The maximum atomic E-state index is 13.7. The van der Waals surface area contributed by atoms with Gasteiger partial charge in [0.25, 0.3) is 5.91 Å². The zero-order valence-corrected chi connectivity index (χ0v) is 21.7. The monoisotopic (exact) mass is 530 g/mol. The van der Waals surface area contributed by atoms with Gasteiger partial charge < -0.3 is 20.6 Å². The molecule has 0 bridgehead atoms. The van der Waals surface area contributed by atoms with Crippen molar-refractivity contribution in [1.82, 2.24) is 4.90 Å². The van der Waals surface area contributed by atoms with Gasteiger partial charge in [-0.15, -0.1) is 0 Å². The van der Waals surface area contributed by atoms with Crippen molar-refractivity contribution in [3.63, 3.8) is 0 Å². The summed E-state index contributed by atoms with van der Waals surface area (Å²) >= 11 is 0. The van der Waals surface area contributed by atoms with Crippen molar-refractivity contribution in [1.29, 1.82) is 0 Å². The summed E-state index contributed by atoms with van der Waals surface area (Å²) in [4.78, 5) is 50.4. The van der Waals surface area contributed by atoms with Crippen molar-refractivity contribution in [2.24, 2.45) is 5.73 Å². The van der Waals surface area contributed by atoms with Crippen LogP contribution in [0.25, 0.3) is 0 Å². The van der Waals surface area contributed by atoms with Crippen LogP contribution < -0.4 is 5.73 Å². The summed E-state index contributed by atoms with van der Waals surface area (Å²) in [6, 6.07) is 16.5. The van der Waals surface area contributed by atoms with Crippen molar-refractivity contribution in [2.75, 3.05) is 13.1 Å². The average molecular weight is 531 g/mol. The minimum Gasteiger partial charge on any atom is -0.480 e. The van der Waals surface area contributed by atoms with Crippen molar-refractivity contribution in [3.05, 3.63) is 71.8 Å². The molecule has 1 heterocycles. The van der Waals surface area contributed by atoms with Gasteiger partial charge in [-0.3, -0.25) is 18.7 Å². The molecule has 2 unspecified atom stereocenters. The third-order valence-electron chi connectivity index (χ3n) is 6.59. The molecule has 37 heavy (non-hydrogen) atoms. The van der Waals surface area contributed by atoms with Crippen molar-refractivity contribution < 1.29 is 33.5 Å². The van der Waals surface area contributed by atoms with Gasteiger partial charge in [0.1, 0.15) is 12.1 Å². The van der Waals surface area contributed by atoms with E-state index in [0.29, 0.717) is 37.8 Å². The molecule has 200 valence electrons. The molecule has 2 aromatic carbocycles. The lowest BCUT2D eigenvalue weighted by Crippen LogP contribution is -2.46. The molecule has 1 fully saturated rings. The molecule has 0 aromatic heterocycles. The number of amides is 1. The molecule has 0 aliphatic carbocycles. The predicted molar refractivity (Wildman–Crippen MR) is 139 cm³/mol. The first kappa shape index (κ1) is 28.7. The van der Waals surface area contributed by atoms with Crippen LogP contribution in [0.1, 0.15) is 54.4 Å². The Labute approximate surface area is 217 Å². The number of aliphatic carboxylic acids is 1. The molecule has 0 spiro atoms. The van der Waals surface area contributed by atoms with Gasteiger partial charge in [0.2, 0.25) is 0 Å². The predicted octanol–water partition coefficient (Wildman–Crippen LogP) is 3.65. The Kier molecular flexibility index (Phi) is 10.6. The number of hydrogen-bond donors (Lipinski definition) is 3. The highest BCUT2D eigenvalue weighted by Gasteiger charge is 2.42. The Bertz CT molecular complexity index is 1100. The molecule has 1 aliphatic heterocycles. The van der Waals surface area contributed by atoms with Crippen LogP contribution >= 0.6 is 7.60 Å². The van der Waals surface area contributed by atoms with Crippen LogP contribution in [-0.2, 0) is 25.1 Å². The van der Waals surface area contributed by atoms with Crippen molar-refractivity contribution in [2.45, 2.75) is 62.8 Å². The molecule has 4 atom stereocenters. The Balaban J connectivity index is 1.86. The molecule has 2 aromatic rings. The fraction of sp³-hybridized carbons (Fsp3) is 0.444. The smallest absolute Gasteiger partial charge is 0.332 e. The highest BCUT2D eigenvalue weighted by molar-refractivity contribution is 7.53. The summed E-state index contributed by atoms with van der Waals surface area (Å²) in [6.07, 6.45) is 0.528. The van der Waals surface area contributed by atoms with Crippen LogP contribution in [0.4, 0.5) is 0 Å². The van der Waals surface area contributed by atoms with E-state index >= 15 is 0 Å². The van der Waals surface area contributed by atoms with Crippen LogP contribution in [0.5, 0.6) is 0 Å². The number of carbonyl (C=O) groups is 3. The van der Waals surface area contributed by atoms with E-state index in [1.54, 1.807) is 54.6 Å². The highest BCUT2D eigenvalue weighted by atomic mass is 31.2. The van der Waals surface area contributed by atoms with Gasteiger partial charge in [-0.25, -0.2) is 4.79 Å². The van der Waals surface area contributed by atoms with Gasteiger partial charge >= 0.3 is 13.6 Å². The number of likely N-dealkylation sites (tertiary alicyclic amines) is 1. The molecular formula is C27H35N2O7P. The molecule has 0 radical (unpaired) electrons. The number of nitrogens with two attached hydrogens (primary N) is 1. The van der Waals surface area contributed by atoms with E-state index < -0.39 is 37.3 Å². The van der Waals surface area contributed by atoms with Crippen LogP contribution in [0.3, 0.4) is 0 Å². The lowest BCUT2D eigenvalue weighted by Gasteiger charge is -2.30. The summed E-state index contributed by atoms with van der Waals surface area (Å²) in [5, 5.41) is 9.53. The first-order chi connectivity index (χ1) is 17.7. The fourth-order valence-corrected chi connectivity index (χ4v) is 6.15. The first-order valence-corrected chi connectivity index (χ1v) is 14.2. The molecule has 4 N–H and O–H groups in total. The van der Waals surface area contributed by atoms with Crippen LogP contribution in [0.2, 0.25) is 0 Å². The summed E-state index contributed by atoms with van der Waals surface area (Å²) in [6.45, 7) is 0.615. The topological polar surface area (TPSA) is 147 Å². The van der Waals surface area contributed by atoms with Gasteiger partial charge in [-0.05, 0) is 50.6 Å². The number of hydrogen-bond acceptors (Lipinski definition) is 6. The average Bonchev–Trinajstić information content (AvgIpc) is 3.39. The molecule has 9 nitrogen and oxygen atoms in total. The Morgan fingerprint density at radius 2 is 1.70 bits per heavy atom. The molecule has 1 aliphatic rings. The normalized spacial score (nSPS) is 18.6. The second kappa shape index (κ2) is 13.6. The number of carboxylic acids is 1. The largest absolute Gasteiger partial charge is 0.480 e. The minimum atomic E-state index is -4.53. The maximum absolute atomic E-state index is 13.7. The first-order valence-electron chi connectivity index (χ1n) is 12.6. The van der Waals surface area contributed by atoms with E-state index in [2.05, 4.69) is 0 Å². The number of unbranched alkanes of at least 4 members (excludes halogenated alkanes) is 1. The number of rotatable bonds is 14. The molecule has 0 saturated carbocycles. The van der Waals surface area contributed by atoms with E-state index in [1.807, 2.05) is 6.07 Å². The van der Waals surface area contributed by atoms with E-state index in [0.717, 1.165) is 5.56 Å². The zero-order chi connectivity index (χ0) is 26.8. The molecule has 3 rings (SSSR count). The lowest BCUT2D eigenvalue weighted by atomic mass is 10.0. The zero-order valence-electron chi connectivity index (χ0n) is 20.8. The molecule has 10 heteroatoms. The van der Waals surface area contributed by atoms with E-state index in [1.165, 1.54) is 4.90 Å². The number of ketones is 1. The Morgan fingerprint density at radius 1 is 1.05 bits per heavy atom. The second-order valence-electron chi connectivity index (χ2n) is 9.31. The van der Waals surface area contributed by atoms with Crippen LogP contribution in [0, 0.1) is 0 Å². The van der Waals surface area contributed by atoms with E-state index in [4.69, 9.17) is 10.3 Å². The number of benzene rings is 2. The summed E-state index contributed by atoms with van der Waals surface area (Å²) < 4.78 is 19.4. The number of carboxylic acid groups (broad SMARTS) is 1. The maximum Gasteiger partial charge on any atom is 0.332 e. The van der Waals surface area contributed by atoms with Gasteiger partial charge in [-0.2, -0.15) is 0 Å². The van der Waals surface area contributed by atoms with Crippen LogP contribution in [0.15, 0.2) is 60.7 Å². The van der Waals surface area contributed by atoms with Gasteiger partial charge in [0.05, 0.1) is 5.66 Å². The van der Waals surface area contributed by atoms with Gasteiger partial charge in [0, 0.05) is 18.5 Å². The molecule has 1 amide bonds. The SMILES string of the molecule is NCCCCC(OP(=O)(O)[C@H](CC(=O)c1ccccc1)Cc1ccccc1)C(=O)N1CCC[C@H]1C(=O)O. The summed E-state index contributed by atoms with van der Waals surface area (Å²) in [7, 11) is -4.53. The molecular weight excluding hydrogens is 495 g/mol. The number of carbonyl (C=O) groups excluding carboxylic acids is 2. The quantitative estimate of drug-likeness (QED) is 0.191. The van der Waals surface area contributed by atoms with Gasteiger partial charge in [-0.1, -0.05) is 60.7 Å². The summed E-state index contributed by atoms with van der Waals surface area (Å²) in [5.74, 6) is -2.05. The third kappa shape index (κ3) is 8.07. The Hall–Kier alpha value is -2.84. The lowest BCUT2D eigenvalue weighted by molar-refractivity contribution is -0.151. The number of nitrogens with zero attached hydrogens (tertiary/aromatic N) is 1. The number of Topliss-reactive ketones (excluding diaryl/α,β-unsaturated/α-hetero) is 1. The van der Waals surface area contributed by atoms with Gasteiger partial charge in [0.15, 0.2) is 5.78 Å². The van der Waals surface area contributed by atoms with E-state index in [-0.39, 0.29) is 31.6 Å². The Morgan fingerprint density at radius 3 is 2.32 bits per heavy atom. The third-order valence-corrected chi connectivity index (χ3v) is 8.43. The van der Waals surface area contributed by atoms with E-state index in [9.17, 15) is 28.9 Å². The molecule has 1 saturated heterocycles. The van der Waals surface area contributed by atoms with Crippen molar-refractivity contribution >= 4 is 25.3 Å². The second-order valence-corrected chi connectivity index (χ2v) is 11.4. The highest BCUT2D eigenvalue weighted by Crippen LogP contribution is 2.52. The summed E-state index contributed by atoms with van der Waals surface area (Å²) in [5.41, 5.74) is 5.66. The van der Waals surface area contributed by atoms with Crippen LogP contribution in [-0.4, -0.2) is 63.5 Å². The fourth-order valence-electron chi connectivity index (χ4n) is 4.58. The van der Waals surface area contributed by atoms with Crippen molar-refractivity contribution in [3.8, 4) is 0 Å². The standard InChI is InChI=1S/C27H35N2O7P/c28-16-8-7-15-25(26(31)29-17-9-14-23(29)27(32)33)36-37(34,35)22(18-20-10-3-1-4-11-20)19-24(30)21-12-5-2-6-13-21/h1-6,10-13,22-23,25H,7-9,14-19,28H2,(H,32,33)(H,34,35)/t22-,23-,25?/m0/s1.